The van der Waals surface area contributed by atoms with Crippen molar-refractivity contribution in [2.24, 2.45) is 0 Å². The first-order valence-electron chi connectivity index (χ1n) is 6.87. The largest absolute Gasteiger partial charge is 0.459 e. The molecule has 0 aromatic heterocycles. The standard InChI is InChI=1S/C14H18INO4S/c15-13(12-4-2-1-3-5-12)14(17)20-9-6-16-7-10-21(18,19)11-8-16/h1-5,13H,6-11H2/p+1. The molecule has 1 fully saturated rings. The SMILES string of the molecule is O=C(OCC[NH+]1CCS(=O)(=O)CC1)C(I)c1ccccc1. The molecule has 0 amide bonds. The Bertz CT molecular complexity index is 562. The van der Waals surface area contributed by atoms with Crippen LogP contribution >= 0.6 is 22.6 Å². The van der Waals surface area contributed by atoms with Gasteiger partial charge in [-0.15, -0.1) is 0 Å². The van der Waals surface area contributed by atoms with E-state index in [1.165, 1.54) is 4.90 Å². The number of esters is 1. The Labute approximate surface area is 138 Å². The van der Waals surface area contributed by atoms with Gasteiger partial charge < -0.3 is 9.64 Å². The van der Waals surface area contributed by atoms with Crippen molar-refractivity contribution in [2.45, 2.75) is 3.92 Å². The zero-order valence-electron chi connectivity index (χ0n) is 11.6. The highest BCUT2D eigenvalue weighted by molar-refractivity contribution is 14.1. The topological polar surface area (TPSA) is 64.9 Å². The second kappa shape index (κ2) is 7.55. The zero-order chi connectivity index (χ0) is 15.3. The van der Waals surface area contributed by atoms with Crippen LogP contribution in [-0.4, -0.2) is 52.1 Å². The van der Waals surface area contributed by atoms with Gasteiger partial charge in [0.2, 0.25) is 0 Å². The van der Waals surface area contributed by atoms with E-state index >= 15 is 0 Å². The van der Waals surface area contributed by atoms with Crippen LogP contribution in [0.5, 0.6) is 0 Å². The molecule has 1 aromatic carbocycles. The number of hydrogen-bond donors (Lipinski definition) is 1. The van der Waals surface area contributed by atoms with E-state index in [0.29, 0.717) is 26.2 Å². The van der Waals surface area contributed by atoms with Crippen molar-refractivity contribution in [3.8, 4) is 0 Å². The third kappa shape index (κ3) is 5.23. The highest BCUT2D eigenvalue weighted by Gasteiger charge is 2.25. The van der Waals surface area contributed by atoms with Crippen LogP contribution in [0.1, 0.15) is 9.49 Å². The number of hydrogen-bond acceptors (Lipinski definition) is 4. The molecule has 116 valence electrons. The van der Waals surface area contributed by atoms with Gasteiger partial charge in [-0.3, -0.25) is 4.79 Å². The molecule has 2 rings (SSSR count). The van der Waals surface area contributed by atoms with E-state index in [4.69, 9.17) is 4.74 Å². The minimum absolute atomic E-state index is 0.231. The molecule has 1 N–H and O–H groups in total. The molecule has 0 bridgehead atoms. The summed E-state index contributed by atoms with van der Waals surface area (Å²) in [5.41, 5.74) is 0.930. The lowest BCUT2D eigenvalue weighted by Crippen LogP contribution is -3.14. The molecule has 0 radical (unpaired) electrons. The van der Waals surface area contributed by atoms with Gasteiger partial charge in [-0.05, 0) is 5.56 Å². The molecule has 5 nitrogen and oxygen atoms in total. The zero-order valence-corrected chi connectivity index (χ0v) is 14.6. The Morgan fingerprint density at radius 1 is 1.24 bits per heavy atom. The average molecular weight is 424 g/mol. The van der Waals surface area contributed by atoms with Gasteiger partial charge in [0.15, 0.2) is 9.84 Å². The Morgan fingerprint density at radius 2 is 1.86 bits per heavy atom. The molecule has 7 heteroatoms. The fourth-order valence-corrected chi connectivity index (χ4v) is 4.20. The van der Waals surface area contributed by atoms with Crippen molar-refractivity contribution in [3.63, 3.8) is 0 Å². The maximum atomic E-state index is 12.0. The summed E-state index contributed by atoms with van der Waals surface area (Å²) in [4.78, 5) is 13.1. The third-order valence-corrected chi connectivity index (χ3v) is 6.41. The van der Waals surface area contributed by atoms with Crippen LogP contribution < -0.4 is 4.90 Å². The first-order chi connectivity index (χ1) is 9.98. The van der Waals surface area contributed by atoms with Gasteiger partial charge in [-0.2, -0.15) is 0 Å². The van der Waals surface area contributed by atoms with Crippen LogP contribution in [0.15, 0.2) is 30.3 Å². The minimum Gasteiger partial charge on any atom is -0.459 e. The van der Waals surface area contributed by atoms with E-state index in [2.05, 4.69) is 22.6 Å². The van der Waals surface area contributed by atoms with Crippen molar-refractivity contribution >= 4 is 38.4 Å². The monoisotopic (exact) mass is 424 g/mol. The number of rotatable bonds is 5. The molecular weight excluding hydrogens is 405 g/mol. The smallest absolute Gasteiger partial charge is 0.323 e. The maximum absolute atomic E-state index is 12.0. The molecule has 1 heterocycles. The second-order valence-electron chi connectivity index (χ2n) is 5.09. The summed E-state index contributed by atoms with van der Waals surface area (Å²) >= 11 is 2.07. The van der Waals surface area contributed by atoms with Crippen LogP contribution in [0, 0.1) is 0 Å². The molecule has 21 heavy (non-hydrogen) atoms. The fourth-order valence-electron chi connectivity index (χ4n) is 2.20. The Hall–Kier alpha value is -0.670. The van der Waals surface area contributed by atoms with Crippen LogP contribution in [0.25, 0.3) is 0 Å². The normalized spacial score (nSPS) is 19.9. The average Bonchev–Trinajstić information content (AvgIpc) is 2.49. The minimum atomic E-state index is -2.84. The first kappa shape index (κ1) is 16.7. The molecule has 0 saturated carbocycles. The summed E-state index contributed by atoms with van der Waals surface area (Å²) in [5.74, 6) is 0.218. The van der Waals surface area contributed by atoms with Crippen molar-refractivity contribution in [1.82, 2.24) is 0 Å². The van der Waals surface area contributed by atoms with Gasteiger partial charge in [0, 0.05) is 0 Å². The van der Waals surface area contributed by atoms with Gasteiger partial charge in [0.05, 0.1) is 24.6 Å². The van der Waals surface area contributed by atoms with E-state index in [0.717, 1.165) is 5.56 Å². The summed E-state index contributed by atoms with van der Waals surface area (Å²) < 4.78 is 27.6. The lowest BCUT2D eigenvalue weighted by molar-refractivity contribution is -0.896. The highest BCUT2D eigenvalue weighted by atomic mass is 127. The van der Waals surface area contributed by atoms with Crippen molar-refractivity contribution in [1.29, 1.82) is 0 Å². The number of nitrogens with one attached hydrogen (secondary N) is 1. The molecule has 1 atom stereocenters. The Kier molecular flexibility index (Phi) is 6.00. The quantitative estimate of drug-likeness (QED) is 0.411. The van der Waals surface area contributed by atoms with E-state index in [1.807, 2.05) is 30.3 Å². The third-order valence-electron chi connectivity index (χ3n) is 3.53. The summed E-state index contributed by atoms with van der Waals surface area (Å²) in [7, 11) is -2.84. The molecule has 1 aromatic rings. The van der Waals surface area contributed by atoms with E-state index in [-0.39, 0.29) is 21.4 Å². The summed E-state index contributed by atoms with van der Waals surface area (Å²) in [6.07, 6.45) is 0. The van der Waals surface area contributed by atoms with E-state index in [9.17, 15) is 13.2 Å². The van der Waals surface area contributed by atoms with Crippen LogP contribution in [-0.2, 0) is 19.4 Å². The Morgan fingerprint density at radius 3 is 2.48 bits per heavy atom. The van der Waals surface area contributed by atoms with Gasteiger partial charge >= 0.3 is 5.97 Å². The van der Waals surface area contributed by atoms with Crippen LogP contribution in [0.2, 0.25) is 0 Å². The maximum Gasteiger partial charge on any atom is 0.323 e. The molecule has 0 spiro atoms. The fraction of sp³-hybridized carbons (Fsp3) is 0.500. The van der Waals surface area contributed by atoms with Crippen molar-refractivity contribution in [3.05, 3.63) is 35.9 Å². The van der Waals surface area contributed by atoms with Gasteiger partial charge in [-0.25, -0.2) is 8.42 Å². The predicted octanol–water partition coefficient (Wildman–Crippen LogP) is 0.0192. The molecule has 1 aliphatic heterocycles. The van der Waals surface area contributed by atoms with Crippen molar-refractivity contribution in [2.75, 3.05) is 37.7 Å². The number of carbonyl (C=O) groups excluding carboxylic acids is 1. The molecule has 1 unspecified atom stereocenters. The molecule has 1 aliphatic rings. The highest BCUT2D eigenvalue weighted by Crippen LogP contribution is 2.24. The number of halogens is 1. The van der Waals surface area contributed by atoms with Gasteiger partial charge in [0.1, 0.15) is 17.1 Å². The predicted molar refractivity (Wildman–Crippen MR) is 88.4 cm³/mol. The number of sulfone groups is 1. The summed E-state index contributed by atoms with van der Waals surface area (Å²) in [6.45, 7) is 2.21. The van der Waals surface area contributed by atoms with Crippen LogP contribution in [0.4, 0.5) is 0 Å². The molecular formula is C14H19INO4S+. The number of quaternary nitrogens is 1. The Balaban J connectivity index is 1.72. The number of ether oxygens (including phenoxy) is 1. The lowest BCUT2D eigenvalue weighted by atomic mass is 10.2. The van der Waals surface area contributed by atoms with Gasteiger partial charge in [0.25, 0.3) is 0 Å². The lowest BCUT2D eigenvalue weighted by Gasteiger charge is -2.23. The first-order valence-corrected chi connectivity index (χ1v) is 9.94. The molecule has 1 saturated heterocycles. The molecule has 0 aliphatic carbocycles. The van der Waals surface area contributed by atoms with Gasteiger partial charge in [-0.1, -0.05) is 52.9 Å². The number of carbonyl (C=O) groups is 1. The van der Waals surface area contributed by atoms with E-state index in [1.54, 1.807) is 0 Å². The summed E-state index contributed by atoms with van der Waals surface area (Å²) in [6, 6.07) is 9.50. The van der Waals surface area contributed by atoms with Crippen molar-refractivity contribution < 1.29 is 22.8 Å². The second-order valence-corrected chi connectivity index (χ2v) is 8.64. The van der Waals surface area contributed by atoms with E-state index < -0.39 is 9.84 Å². The number of alkyl halides is 1. The van der Waals surface area contributed by atoms with Crippen LogP contribution in [0.3, 0.4) is 0 Å². The number of benzene rings is 1. The summed E-state index contributed by atoms with van der Waals surface area (Å²) in [5, 5.41) is 0.